The molecule has 5 aromatic carbocycles. The highest BCUT2D eigenvalue weighted by Crippen LogP contribution is 2.09. The molecule has 0 saturated carbocycles. The van der Waals surface area contributed by atoms with E-state index in [2.05, 4.69) is 134 Å². The second-order valence-electron chi connectivity index (χ2n) is 8.63. The van der Waals surface area contributed by atoms with Crippen LogP contribution in [0.15, 0.2) is 159 Å². The molecule has 37 heavy (non-hydrogen) atoms. The SMILES string of the molecule is C=Cc1cccc(C=C)c1.c1ccc([SiH2]O[Si](c2ccccc2)(c2ccccc2)c2ccccc2)cc1. The Labute approximate surface area is 224 Å². The highest BCUT2D eigenvalue weighted by Gasteiger charge is 2.41. The van der Waals surface area contributed by atoms with Crippen molar-refractivity contribution in [1.29, 1.82) is 0 Å². The first kappa shape index (κ1) is 26.0. The Bertz CT molecular complexity index is 1270. The molecule has 0 radical (unpaired) electrons. The van der Waals surface area contributed by atoms with Crippen LogP contribution in [0.25, 0.3) is 12.2 Å². The van der Waals surface area contributed by atoms with Gasteiger partial charge >= 0.3 is 0 Å². The van der Waals surface area contributed by atoms with Gasteiger partial charge in [0.15, 0.2) is 9.76 Å². The third kappa shape index (κ3) is 6.60. The Morgan fingerprint density at radius 3 is 1.24 bits per heavy atom. The maximum absolute atomic E-state index is 7.05. The minimum absolute atomic E-state index is 0.885. The van der Waals surface area contributed by atoms with E-state index >= 15 is 0 Å². The molecule has 0 spiro atoms. The Morgan fingerprint density at radius 1 is 0.486 bits per heavy atom. The van der Waals surface area contributed by atoms with Gasteiger partial charge in [0.1, 0.15) is 0 Å². The van der Waals surface area contributed by atoms with Crippen LogP contribution >= 0.6 is 0 Å². The molecule has 0 saturated heterocycles. The lowest BCUT2D eigenvalue weighted by molar-refractivity contribution is 0.631. The van der Waals surface area contributed by atoms with Gasteiger partial charge in [-0.25, -0.2) is 0 Å². The zero-order valence-corrected chi connectivity index (χ0v) is 23.5. The number of benzene rings is 5. The second-order valence-corrected chi connectivity index (χ2v) is 14.0. The van der Waals surface area contributed by atoms with Crippen LogP contribution in [0.4, 0.5) is 0 Å². The average molecular weight is 513 g/mol. The predicted molar refractivity (Wildman–Crippen MR) is 166 cm³/mol. The molecular formula is C34H32OSi2. The van der Waals surface area contributed by atoms with Crippen LogP contribution in [0.2, 0.25) is 0 Å². The van der Waals surface area contributed by atoms with Crippen LogP contribution < -0.4 is 20.7 Å². The first-order valence-corrected chi connectivity index (χ1v) is 15.6. The van der Waals surface area contributed by atoms with E-state index in [1.165, 1.54) is 20.7 Å². The molecule has 0 aliphatic carbocycles. The molecule has 0 N–H and O–H groups in total. The van der Waals surface area contributed by atoms with E-state index < -0.39 is 18.1 Å². The molecule has 5 rings (SSSR count). The second kappa shape index (κ2) is 13.3. The summed E-state index contributed by atoms with van der Waals surface area (Å²) in [7, 11) is -3.43. The van der Waals surface area contributed by atoms with Crippen molar-refractivity contribution < 1.29 is 4.12 Å². The minimum Gasteiger partial charge on any atom is -0.447 e. The molecule has 0 heterocycles. The topological polar surface area (TPSA) is 9.23 Å². The minimum atomic E-state index is -2.54. The smallest absolute Gasteiger partial charge is 0.278 e. The molecule has 0 aliphatic heterocycles. The molecule has 182 valence electrons. The molecule has 3 heteroatoms. The van der Waals surface area contributed by atoms with Crippen molar-refractivity contribution in [1.82, 2.24) is 0 Å². The fraction of sp³-hybridized carbons (Fsp3) is 0. The summed E-state index contributed by atoms with van der Waals surface area (Å²) in [4.78, 5) is 0. The lowest BCUT2D eigenvalue weighted by Crippen LogP contribution is -2.70. The first-order valence-electron chi connectivity index (χ1n) is 12.5. The van der Waals surface area contributed by atoms with E-state index in [1.54, 1.807) is 0 Å². The molecule has 0 aliphatic rings. The van der Waals surface area contributed by atoms with E-state index in [-0.39, 0.29) is 0 Å². The van der Waals surface area contributed by atoms with Crippen LogP contribution in [0.5, 0.6) is 0 Å². The third-order valence-electron chi connectivity index (χ3n) is 6.22. The standard InChI is InChI=1S/C24H22OSi2.C10H10/c1-5-13-21(14-6-1)26-25-27(22-15-7-2-8-16-22,23-17-9-3-10-18-23)24-19-11-4-12-20-24;1-3-9-6-5-7-10(4-2)8-9/h1-20H,26H2;3-8H,1-2H2. The third-order valence-corrected chi connectivity index (χ3v) is 12.8. The summed E-state index contributed by atoms with van der Waals surface area (Å²) in [6, 6.07) is 51.0. The van der Waals surface area contributed by atoms with Gasteiger partial charge in [-0.2, -0.15) is 0 Å². The van der Waals surface area contributed by atoms with Crippen molar-refractivity contribution in [3.8, 4) is 0 Å². The van der Waals surface area contributed by atoms with Gasteiger partial charge in [0.05, 0.1) is 0 Å². The lowest BCUT2D eigenvalue weighted by Gasteiger charge is -2.33. The van der Waals surface area contributed by atoms with Crippen molar-refractivity contribution in [2.24, 2.45) is 0 Å². The Kier molecular flexibility index (Phi) is 9.38. The van der Waals surface area contributed by atoms with E-state index in [0.717, 1.165) is 11.1 Å². The quantitative estimate of drug-likeness (QED) is 0.209. The number of rotatable bonds is 8. The monoisotopic (exact) mass is 512 g/mol. The van der Waals surface area contributed by atoms with Gasteiger partial charge in [-0.3, -0.25) is 0 Å². The summed E-state index contributed by atoms with van der Waals surface area (Å²) in [5.74, 6) is 0. The molecule has 5 aromatic rings. The van der Waals surface area contributed by atoms with Gasteiger partial charge in [0.2, 0.25) is 0 Å². The van der Waals surface area contributed by atoms with Gasteiger partial charge in [0.25, 0.3) is 8.32 Å². The molecule has 0 unspecified atom stereocenters. The van der Waals surface area contributed by atoms with Gasteiger partial charge in [-0.15, -0.1) is 0 Å². The van der Waals surface area contributed by atoms with Gasteiger partial charge in [-0.1, -0.05) is 165 Å². The fourth-order valence-corrected chi connectivity index (χ4v) is 11.3. The molecular weight excluding hydrogens is 481 g/mol. The molecule has 1 nitrogen and oxygen atoms in total. The average Bonchev–Trinajstić information content (AvgIpc) is 3.00. The van der Waals surface area contributed by atoms with Crippen LogP contribution in [0, 0.1) is 0 Å². The molecule has 0 aromatic heterocycles. The van der Waals surface area contributed by atoms with E-state index in [0.29, 0.717) is 0 Å². The maximum atomic E-state index is 7.05. The van der Waals surface area contributed by atoms with Gasteiger partial charge in [-0.05, 0) is 37.9 Å². The summed E-state index contributed by atoms with van der Waals surface area (Å²) >= 11 is 0. The zero-order valence-electron chi connectivity index (χ0n) is 21.0. The Morgan fingerprint density at radius 2 is 0.865 bits per heavy atom. The summed E-state index contributed by atoms with van der Waals surface area (Å²) in [5.41, 5.74) is 2.27. The van der Waals surface area contributed by atoms with Crippen LogP contribution in [-0.2, 0) is 4.12 Å². The van der Waals surface area contributed by atoms with E-state index in [4.69, 9.17) is 4.12 Å². The van der Waals surface area contributed by atoms with Crippen LogP contribution in [-0.4, -0.2) is 18.1 Å². The highest BCUT2D eigenvalue weighted by atomic mass is 28.4. The highest BCUT2D eigenvalue weighted by molar-refractivity contribution is 7.09. The van der Waals surface area contributed by atoms with Crippen LogP contribution in [0.1, 0.15) is 11.1 Å². The largest absolute Gasteiger partial charge is 0.447 e. The first-order chi connectivity index (χ1) is 18.3. The van der Waals surface area contributed by atoms with Crippen molar-refractivity contribution >= 4 is 51.0 Å². The summed E-state index contributed by atoms with van der Waals surface area (Å²) < 4.78 is 7.05. The van der Waals surface area contributed by atoms with E-state index in [9.17, 15) is 0 Å². The van der Waals surface area contributed by atoms with Gasteiger partial charge in [0, 0.05) is 0 Å². The molecule has 0 amide bonds. The Balaban J connectivity index is 0.000000270. The van der Waals surface area contributed by atoms with E-state index in [1.807, 2.05) is 36.4 Å². The Hall–Kier alpha value is -4.03. The number of hydrogen-bond donors (Lipinski definition) is 0. The molecule has 0 atom stereocenters. The zero-order chi connectivity index (χ0) is 25.8. The summed E-state index contributed by atoms with van der Waals surface area (Å²) in [5, 5.41) is 5.22. The lowest BCUT2D eigenvalue weighted by atomic mass is 10.1. The van der Waals surface area contributed by atoms with Crippen molar-refractivity contribution in [2.75, 3.05) is 0 Å². The molecule has 0 fully saturated rings. The fourth-order valence-electron chi connectivity index (χ4n) is 4.35. The molecule has 0 bridgehead atoms. The van der Waals surface area contributed by atoms with Gasteiger partial charge < -0.3 is 4.12 Å². The maximum Gasteiger partial charge on any atom is 0.278 e. The van der Waals surface area contributed by atoms with Crippen molar-refractivity contribution in [3.63, 3.8) is 0 Å². The van der Waals surface area contributed by atoms with Crippen molar-refractivity contribution in [3.05, 3.63) is 170 Å². The summed E-state index contributed by atoms with van der Waals surface area (Å²) in [6.45, 7) is 7.34. The normalized spacial score (nSPS) is 10.9. The summed E-state index contributed by atoms with van der Waals surface area (Å²) in [6.07, 6.45) is 3.65. The number of hydrogen-bond acceptors (Lipinski definition) is 1. The van der Waals surface area contributed by atoms with Crippen molar-refractivity contribution in [2.45, 2.75) is 0 Å². The predicted octanol–water partition coefficient (Wildman–Crippen LogP) is 5.05. The van der Waals surface area contributed by atoms with Crippen LogP contribution in [0.3, 0.4) is 0 Å².